The van der Waals surface area contributed by atoms with Crippen LogP contribution in [0.15, 0.2) is 54.0 Å². The standard InChI is InChI=1S/C23H15ClN2O2S2/c1-12-8-18-22(21(16(12)10-20(27)28)13-2-5-15(24)6-3-13)30-23(26-18)14-4-7-19-17(9-14)25-11-29-19/h2-9,11H,10H2,1H3,(H,27,28). The molecule has 0 aliphatic heterocycles. The van der Waals surface area contributed by atoms with Crippen molar-refractivity contribution in [1.29, 1.82) is 0 Å². The van der Waals surface area contributed by atoms with Crippen LogP contribution < -0.4 is 0 Å². The van der Waals surface area contributed by atoms with Gasteiger partial charge in [0, 0.05) is 16.1 Å². The number of halogens is 1. The van der Waals surface area contributed by atoms with Crippen molar-refractivity contribution < 1.29 is 9.90 Å². The quantitative estimate of drug-likeness (QED) is 0.326. The van der Waals surface area contributed by atoms with Gasteiger partial charge in [0.15, 0.2) is 0 Å². The first-order chi connectivity index (χ1) is 14.5. The maximum absolute atomic E-state index is 11.6. The van der Waals surface area contributed by atoms with E-state index in [2.05, 4.69) is 23.2 Å². The van der Waals surface area contributed by atoms with Crippen LogP contribution in [-0.2, 0) is 11.2 Å². The van der Waals surface area contributed by atoms with Crippen LogP contribution in [0.2, 0.25) is 5.02 Å². The van der Waals surface area contributed by atoms with Crippen LogP contribution in [0.5, 0.6) is 0 Å². The van der Waals surface area contributed by atoms with E-state index in [-0.39, 0.29) is 6.42 Å². The predicted molar refractivity (Wildman–Crippen MR) is 125 cm³/mol. The molecule has 2 heterocycles. The predicted octanol–water partition coefficient (Wildman–Crippen LogP) is 6.83. The molecule has 0 saturated heterocycles. The normalized spacial score (nSPS) is 11.4. The molecule has 1 N–H and O–H groups in total. The molecule has 30 heavy (non-hydrogen) atoms. The van der Waals surface area contributed by atoms with Gasteiger partial charge in [-0.15, -0.1) is 22.7 Å². The Morgan fingerprint density at radius 1 is 1.07 bits per heavy atom. The summed E-state index contributed by atoms with van der Waals surface area (Å²) < 4.78 is 2.12. The van der Waals surface area contributed by atoms with E-state index in [0.717, 1.165) is 53.3 Å². The summed E-state index contributed by atoms with van der Waals surface area (Å²) in [6, 6.07) is 15.7. The molecule has 0 aliphatic rings. The fraction of sp³-hybridized carbons (Fsp3) is 0.0870. The molecule has 0 bridgehead atoms. The molecule has 0 amide bonds. The second-order valence-corrected chi connectivity index (χ2v) is 9.35. The Kier molecular flexibility index (Phi) is 4.77. The molecule has 5 rings (SSSR count). The van der Waals surface area contributed by atoms with Gasteiger partial charge in [-0.1, -0.05) is 29.8 Å². The Morgan fingerprint density at radius 2 is 1.83 bits per heavy atom. The van der Waals surface area contributed by atoms with E-state index >= 15 is 0 Å². The van der Waals surface area contributed by atoms with Crippen molar-refractivity contribution >= 4 is 60.7 Å². The second-order valence-electron chi connectivity index (χ2n) is 7.03. The Bertz CT molecular complexity index is 1420. The van der Waals surface area contributed by atoms with Crippen molar-refractivity contribution in [2.24, 2.45) is 0 Å². The zero-order valence-electron chi connectivity index (χ0n) is 15.8. The lowest BCUT2D eigenvalue weighted by Gasteiger charge is -2.13. The summed E-state index contributed by atoms with van der Waals surface area (Å²) in [6.07, 6.45) is -0.0439. The first-order valence-corrected chi connectivity index (χ1v) is 11.3. The van der Waals surface area contributed by atoms with E-state index in [0.29, 0.717) is 5.02 Å². The monoisotopic (exact) mass is 450 g/mol. The molecule has 5 aromatic rings. The maximum atomic E-state index is 11.6. The van der Waals surface area contributed by atoms with Gasteiger partial charge in [0.05, 0.1) is 32.4 Å². The number of benzene rings is 3. The van der Waals surface area contributed by atoms with Gasteiger partial charge in [-0.05, 0) is 53.9 Å². The average Bonchev–Trinajstić information content (AvgIpc) is 3.35. The molecule has 4 nitrogen and oxygen atoms in total. The van der Waals surface area contributed by atoms with E-state index < -0.39 is 5.97 Å². The summed E-state index contributed by atoms with van der Waals surface area (Å²) in [5.74, 6) is -0.855. The molecule has 0 aliphatic carbocycles. The molecular formula is C23H15ClN2O2S2. The summed E-state index contributed by atoms with van der Waals surface area (Å²) in [7, 11) is 0. The van der Waals surface area contributed by atoms with Crippen LogP contribution >= 0.6 is 34.3 Å². The van der Waals surface area contributed by atoms with Gasteiger partial charge in [-0.25, -0.2) is 9.97 Å². The van der Waals surface area contributed by atoms with Crippen molar-refractivity contribution in [1.82, 2.24) is 9.97 Å². The number of carboxylic acid groups (broad SMARTS) is 1. The molecule has 0 saturated carbocycles. The number of rotatable bonds is 4. The Labute approximate surface area is 185 Å². The highest BCUT2D eigenvalue weighted by Gasteiger charge is 2.19. The summed E-state index contributed by atoms with van der Waals surface area (Å²) in [6.45, 7) is 1.94. The van der Waals surface area contributed by atoms with Crippen molar-refractivity contribution in [2.75, 3.05) is 0 Å². The smallest absolute Gasteiger partial charge is 0.307 e. The molecule has 0 unspecified atom stereocenters. The molecule has 0 fully saturated rings. The van der Waals surface area contributed by atoms with Gasteiger partial charge in [-0.2, -0.15) is 0 Å². The molecular weight excluding hydrogens is 436 g/mol. The molecule has 0 atom stereocenters. The number of carbonyl (C=O) groups is 1. The molecule has 2 aromatic heterocycles. The number of aliphatic carboxylic acids is 1. The fourth-order valence-corrected chi connectivity index (χ4v) is 5.57. The molecule has 7 heteroatoms. The van der Waals surface area contributed by atoms with Crippen molar-refractivity contribution in [2.45, 2.75) is 13.3 Å². The first-order valence-electron chi connectivity index (χ1n) is 9.24. The van der Waals surface area contributed by atoms with Crippen LogP contribution in [0, 0.1) is 6.92 Å². The van der Waals surface area contributed by atoms with E-state index in [1.54, 1.807) is 22.7 Å². The lowest BCUT2D eigenvalue weighted by Crippen LogP contribution is -2.04. The lowest BCUT2D eigenvalue weighted by atomic mass is 9.93. The van der Waals surface area contributed by atoms with E-state index in [4.69, 9.17) is 16.6 Å². The Morgan fingerprint density at radius 3 is 2.60 bits per heavy atom. The molecule has 148 valence electrons. The molecule has 0 spiro atoms. The van der Waals surface area contributed by atoms with Crippen LogP contribution in [-0.4, -0.2) is 21.0 Å². The van der Waals surface area contributed by atoms with Crippen molar-refractivity contribution in [3.05, 3.63) is 70.2 Å². The number of nitrogens with zero attached hydrogens (tertiary/aromatic N) is 2. The van der Waals surface area contributed by atoms with Crippen LogP contribution in [0.4, 0.5) is 0 Å². The minimum Gasteiger partial charge on any atom is -0.481 e. The lowest BCUT2D eigenvalue weighted by molar-refractivity contribution is -0.136. The first kappa shape index (κ1) is 19.2. The van der Waals surface area contributed by atoms with Crippen LogP contribution in [0.3, 0.4) is 0 Å². The SMILES string of the molecule is Cc1cc2nc(-c3ccc4scnc4c3)sc2c(-c2ccc(Cl)cc2)c1CC(=O)O. The Balaban J connectivity index is 1.76. The number of carboxylic acids is 1. The highest BCUT2D eigenvalue weighted by atomic mass is 35.5. The second kappa shape index (κ2) is 7.47. The van der Waals surface area contributed by atoms with Gasteiger partial charge in [0.2, 0.25) is 0 Å². The highest BCUT2D eigenvalue weighted by molar-refractivity contribution is 7.22. The maximum Gasteiger partial charge on any atom is 0.307 e. The third-order valence-corrected chi connectivity index (χ3v) is 7.25. The third-order valence-electron chi connectivity index (χ3n) is 5.05. The van der Waals surface area contributed by atoms with Gasteiger partial charge in [0.1, 0.15) is 5.01 Å². The largest absolute Gasteiger partial charge is 0.481 e. The van der Waals surface area contributed by atoms with Gasteiger partial charge >= 0.3 is 5.97 Å². The van der Waals surface area contributed by atoms with Crippen LogP contribution in [0.1, 0.15) is 11.1 Å². The summed E-state index contributed by atoms with van der Waals surface area (Å²) in [4.78, 5) is 20.9. The summed E-state index contributed by atoms with van der Waals surface area (Å²) >= 11 is 9.27. The summed E-state index contributed by atoms with van der Waals surface area (Å²) in [5.41, 5.74) is 8.25. The van der Waals surface area contributed by atoms with Gasteiger partial charge < -0.3 is 5.11 Å². The molecule has 0 radical (unpaired) electrons. The zero-order valence-corrected chi connectivity index (χ0v) is 18.2. The number of aromatic nitrogens is 2. The van der Waals surface area contributed by atoms with Crippen LogP contribution in [0.25, 0.3) is 42.1 Å². The number of fused-ring (bicyclic) bond motifs is 2. The van der Waals surface area contributed by atoms with E-state index in [1.165, 1.54) is 0 Å². The minimum atomic E-state index is -0.855. The highest BCUT2D eigenvalue weighted by Crippen LogP contribution is 2.41. The summed E-state index contributed by atoms with van der Waals surface area (Å²) in [5, 5.41) is 11.0. The molecule has 3 aromatic carbocycles. The fourth-order valence-electron chi connectivity index (χ4n) is 3.65. The van der Waals surface area contributed by atoms with Gasteiger partial charge in [-0.3, -0.25) is 4.79 Å². The topological polar surface area (TPSA) is 63.1 Å². The number of hydrogen-bond donors (Lipinski definition) is 1. The Hall–Kier alpha value is -2.80. The zero-order chi connectivity index (χ0) is 20.8. The average molecular weight is 451 g/mol. The van der Waals surface area contributed by atoms with E-state index in [1.807, 2.05) is 42.8 Å². The van der Waals surface area contributed by atoms with Gasteiger partial charge in [0.25, 0.3) is 0 Å². The number of thiazole rings is 2. The van der Waals surface area contributed by atoms with Crippen molar-refractivity contribution in [3.63, 3.8) is 0 Å². The number of hydrogen-bond acceptors (Lipinski definition) is 5. The minimum absolute atomic E-state index is 0.0439. The third kappa shape index (κ3) is 3.37. The van der Waals surface area contributed by atoms with E-state index in [9.17, 15) is 9.90 Å². The van der Waals surface area contributed by atoms with Crippen molar-refractivity contribution in [3.8, 4) is 21.7 Å². The number of aryl methyl sites for hydroxylation is 1.